The summed E-state index contributed by atoms with van der Waals surface area (Å²) in [6.07, 6.45) is 9.12. The lowest BCUT2D eigenvalue weighted by Gasteiger charge is -2.39. The molecule has 4 nitrogen and oxygen atoms in total. The molecule has 0 aromatic heterocycles. The normalized spacial score (nSPS) is 42.7. The van der Waals surface area contributed by atoms with Gasteiger partial charge in [0.2, 0.25) is 6.29 Å². The van der Waals surface area contributed by atoms with Crippen LogP contribution in [0.3, 0.4) is 0 Å². The van der Waals surface area contributed by atoms with Crippen LogP contribution in [0.4, 0.5) is 0 Å². The van der Waals surface area contributed by atoms with Crippen molar-refractivity contribution in [1.29, 1.82) is 0 Å². The molecule has 2 bridgehead atoms. The maximum atomic E-state index is 6.25. The molecule has 1 aromatic rings. The van der Waals surface area contributed by atoms with Gasteiger partial charge in [-0.15, -0.1) is 0 Å². The van der Waals surface area contributed by atoms with Gasteiger partial charge in [-0.05, 0) is 49.5 Å². The van der Waals surface area contributed by atoms with Crippen molar-refractivity contribution in [1.82, 2.24) is 0 Å². The minimum Gasteiger partial charge on any atom is -0.227 e. The van der Waals surface area contributed by atoms with Crippen molar-refractivity contribution in [3.05, 3.63) is 35.9 Å². The number of fused-ring (bicyclic) bond motifs is 5. The fraction of sp³-hybridized carbons (Fsp3) is 0.700. The van der Waals surface area contributed by atoms with Gasteiger partial charge in [0.05, 0.1) is 0 Å². The van der Waals surface area contributed by atoms with Gasteiger partial charge in [-0.25, -0.2) is 14.7 Å². The third-order valence-corrected chi connectivity index (χ3v) is 6.73. The molecule has 3 saturated carbocycles. The van der Waals surface area contributed by atoms with Gasteiger partial charge in [-0.2, -0.15) is 4.89 Å². The van der Waals surface area contributed by atoms with E-state index in [9.17, 15) is 0 Å². The van der Waals surface area contributed by atoms with Crippen molar-refractivity contribution in [3.8, 4) is 0 Å². The maximum absolute atomic E-state index is 6.25. The second-order valence-electron chi connectivity index (χ2n) is 7.99. The molecule has 3 aliphatic carbocycles. The molecule has 4 heteroatoms. The lowest BCUT2D eigenvalue weighted by atomic mass is 9.77. The molecule has 1 aromatic carbocycles. The Bertz CT molecular complexity index is 570. The first kappa shape index (κ1) is 15.3. The molecule has 0 N–H and O–H groups in total. The SMILES string of the molecule is c1ccc([C@@]23OO[C@H](C4CCCCC4)OO[C@@H]2[C@H]2CC[C@@H]3C2)cc1. The Balaban J connectivity index is 1.45. The molecule has 0 spiro atoms. The van der Waals surface area contributed by atoms with Crippen LogP contribution in [0.5, 0.6) is 0 Å². The average Bonchev–Trinajstić information content (AvgIpc) is 3.18. The van der Waals surface area contributed by atoms with Gasteiger partial charge in [-0.1, -0.05) is 49.6 Å². The van der Waals surface area contributed by atoms with E-state index in [2.05, 4.69) is 24.3 Å². The second kappa shape index (κ2) is 6.10. The van der Waals surface area contributed by atoms with Crippen molar-refractivity contribution < 1.29 is 19.6 Å². The van der Waals surface area contributed by atoms with Gasteiger partial charge in [0.15, 0.2) is 5.60 Å². The molecule has 1 saturated heterocycles. The monoisotopic (exact) mass is 330 g/mol. The van der Waals surface area contributed by atoms with Gasteiger partial charge < -0.3 is 0 Å². The van der Waals surface area contributed by atoms with Gasteiger partial charge in [0.25, 0.3) is 0 Å². The van der Waals surface area contributed by atoms with Crippen LogP contribution in [0, 0.1) is 17.8 Å². The molecular formula is C20H26O4. The molecule has 4 fully saturated rings. The van der Waals surface area contributed by atoms with Crippen LogP contribution < -0.4 is 0 Å². The van der Waals surface area contributed by atoms with Crippen LogP contribution >= 0.6 is 0 Å². The van der Waals surface area contributed by atoms with Gasteiger partial charge in [0, 0.05) is 5.92 Å². The zero-order valence-electron chi connectivity index (χ0n) is 14.1. The van der Waals surface area contributed by atoms with Gasteiger partial charge in [-0.3, -0.25) is 0 Å². The molecule has 24 heavy (non-hydrogen) atoms. The van der Waals surface area contributed by atoms with Crippen molar-refractivity contribution in [3.63, 3.8) is 0 Å². The summed E-state index contributed by atoms with van der Waals surface area (Å²) in [5.41, 5.74) is 0.656. The molecular weight excluding hydrogens is 304 g/mol. The fourth-order valence-corrected chi connectivity index (χ4v) is 5.50. The number of benzene rings is 1. The van der Waals surface area contributed by atoms with Crippen LogP contribution in [0.15, 0.2) is 30.3 Å². The molecule has 0 unspecified atom stereocenters. The van der Waals surface area contributed by atoms with E-state index < -0.39 is 11.9 Å². The predicted molar refractivity (Wildman–Crippen MR) is 87.4 cm³/mol. The zero-order valence-corrected chi connectivity index (χ0v) is 14.1. The maximum Gasteiger partial charge on any atom is 0.227 e. The van der Waals surface area contributed by atoms with Crippen molar-refractivity contribution in [2.75, 3.05) is 0 Å². The molecule has 4 aliphatic rings. The molecule has 5 rings (SSSR count). The van der Waals surface area contributed by atoms with Gasteiger partial charge in [0.1, 0.15) is 6.10 Å². The van der Waals surface area contributed by atoms with E-state index in [1.54, 1.807) is 0 Å². The lowest BCUT2D eigenvalue weighted by molar-refractivity contribution is -0.456. The summed E-state index contributed by atoms with van der Waals surface area (Å²) in [4.78, 5) is 24.0. The summed E-state index contributed by atoms with van der Waals surface area (Å²) < 4.78 is 0. The first-order chi connectivity index (χ1) is 11.9. The van der Waals surface area contributed by atoms with Crippen LogP contribution in [0.1, 0.15) is 56.9 Å². The van der Waals surface area contributed by atoms with Crippen molar-refractivity contribution >= 4 is 0 Å². The molecule has 1 heterocycles. The quantitative estimate of drug-likeness (QED) is 0.748. The largest absolute Gasteiger partial charge is 0.227 e. The molecule has 0 radical (unpaired) electrons. The highest BCUT2D eigenvalue weighted by Gasteiger charge is 2.64. The van der Waals surface area contributed by atoms with Crippen molar-refractivity contribution in [2.24, 2.45) is 17.8 Å². The Morgan fingerprint density at radius 2 is 1.62 bits per heavy atom. The highest BCUT2D eigenvalue weighted by molar-refractivity contribution is 5.29. The zero-order chi connectivity index (χ0) is 16.0. The Hall–Kier alpha value is -0.940. The standard InChI is InChI=1S/C20H26O4/c1-3-7-14(8-4-1)19-22-21-18-15-11-12-17(13-15)20(18,24-23-19)16-9-5-2-6-10-16/h2,5-6,9-10,14-15,17-19H,1,3-4,7-8,11-13H2/t15-,17+,18+,19+,20-/m0/s1. The average molecular weight is 330 g/mol. The molecule has 130 valence electrons. The fourth-order valence-electron chi connectivity index (χ4n) is 5.50. The van der Waals surface area contributed by atoms with E-state index in [0.717, 1.165) is 24.8 Å². The summed E-state index contributed by atoms with van der Waals surface area (Å²) >= 11 is 0. The van der Waals surface area contributed by atoms with Crippen LogP contribution in [-0.2, 0) is 25.2 Å². The topological polar surface area (TPSA) is 36.9 Å². The third-order valence-electron chi connectivity index (χ3n) is 6.73. The first-order valence-electron chi connectivity index (χ1n) is 9.60. The van der Waals surface area contributed by atoms with E-state index in [1.807, 2.05) is 6.07 Å². The Labute approximate surface area is 143 Å². The first-order valence-corrected chi connectivity index (χ1v) is 9.60. The predicted octanol–water partition coefficient (Wildman–Crippen LogP) is 4.50. The summed E-state index contributed by atoms with van der Waals surface area (Å²) in [5.74, 6) is 1.33. The second-order valence-corrected chi connectivity index (χ2v) is 7.99. The molecule has 1 aliphatic heterocycles. The van der Waals surface area contributed by atoms with Crippen LogP contribution in [0.2, 0.25) is 0 Å². The summed E-state index contributed by atoms with van der Waals surface area (Å²) in [7, 11) is 0. The van der Waals surface area contributed by atoms with E-state index in [1.165, 1.54) is 32.1 Å². The highest BCUT2D eigenvalue weighted by atomic mass is 17.3. The minimum absolute atomic E-state index is 0.0627. The highest BCUT2D eigenvalue weighted by Crippen LogP contribution is 2.60. The lowest BCUT2D eigenvalue weighted by Crippen LogP contribution is -2.46. The van der Waals surface area contributed by atoms with E-state index in [0.29, 0.717) is 17.8 Å². The van der Waals surface area contributed by atoms with E-state index in [-0.39, 0.29) is 6.10 Å². The molecule has 0 amide bonds. The van der Waals surface area contributed by atoms with Gasteiger partial charge >= 0.3 is 0 Å². The number of hydrogen-bond acceptors (Lipinski definition) is 4. The van der Waals surface area contributed by atoms with Crippen LogP contribution in [-0.4, -0.2) is 12.4 Å². The number of hydrogen-bond donors (Lipinski definition) is 0. The van der Waals surface area contributed by atoms with E-state index in [4.69, 9.17) is 19.6 Å². The summed E-state index contributed by atoms with van der Waals surface area (Å²) in [6.45, 7) is 0. The summed E-state index contributed by atoms with van der Waals surface area (Å²) in [6, 6.07) is 10.5. The van der Waals surface area contributed by atoms with Crippen molar-refractivity contribution in [2.45, 2.75) is 69.4 Å². The summed E-state index contributed by atoms with van der Waals surface area (Å²) in [5, 5.41) is 0. The number of rotatable bonds is 2. The Kier molecular flexibility index (Phi) is 3.89. The van der Waals surface area contributed by atoms with Crippen LogP contribution in [0.25, 0.3) is 0 Å². The third kappa shape index (κ3) is 2.27. The Morgan fingerprint density at radius 3 is 2.46 bits per heavy atom. The smallest absolute Gasteiger partial charge is 0.227 e. The minimum atomic E-state index is -0.506. The van der Waals surface area contributed by atoms with E-state index >= 15 is 0 Å². The Morgan fingerprint density at radius 1 is 0.792 bits per heavy atom. The molecule has 5 atom stereocenters.